The van der Waals surface area contributed by atoms with Crippen LogP contribution in [0.4, 0.5) is 0 Å². The number of fused-ring (bicyclic) bond motifs is 4. The molecule has 0 aliphatic heterocycles. The van der Waals surface area contributed by atoms with Gasteiger partial charge in [0.15, 0.2) is 5.78 Å². The lowest BCUT2D eigenvalue weighted by Gasteiger charge is -2.44. The zero-order chi connectivity index (χ0) is 13.9. The van der Waals surface area contributed by atoms with Crippen LogP contribution in [-0.2, 0) is 4.79 Å². The van der Waals surface area contributed by atoms with E-state index in [1.807, 2.05) is 6.08 Å². The van der Waals surface area contributed by atoms with Crippen molar-refractivity contribution in [1.29, 1.82) is 0 Å². The highest BCUT2D eigenvalue weighted by molar-refractivity contribution is 5.93. The predicted molar refractivity (Wildman–Crippen MR) is 78.1 cm³/mol. The SMILES string of the molecule is C[C@]12C=CC3=C4CCC(=O)C=C4CCC3C1CC[C@H]2O. The van der Waals surface area contributed by atoms with Crippen molar-refractivity contribution in [2.24, 2.45) is 17.3 Å². The molecule has 1 fully saturated rings. The van der Waals surface area contributed by atoms with Gasteiger partial charge in [0, 0.05) is 11.8 Å². The number of ketones is 1. The Morgan fingerprint density at radius 2 is 2.05 bits per heavy atom. The van der Waals surface area contributed by atoms with Crippen LogP contribution in [-0.4, -0.2) is 17.0 Å². The Morgan fingerprint density at radius 3 is 2.90 bits per heavy atom. The fourth-order valence-corrected chi connectivity index (χ4v) is 4.99. The summed E-state index contributed by atoms with van der Waals surface area (Å²) in [6, 6.07) is 0. The standard InChI is InChI=1S/C18H22O2/c1-18-9-8-14-13-5-3-12(19)10-11(13)2-4-15(14)16(18)6-7-17(18)20/h8-10,15-17,20H,2-7H2,1H3/t15?,16?,17-,18+/m1/s1. The molecular formula is C18H22O2. The molecule has 2 unspecified atom stereocenters. The molecule has 4 aliphatic carbocycles. The van der Waals surface area contributed by atoms with Crippen molar-refractivity contribution < 1.29 is 9.90 Å². The van der Waals surface area contributed by atoms with Gasteiger partial charge in [0.25, 0.3) is 0 Å². The van der Waals surface area contributed by atoms with Crippen molar-refractivity contribution in [1.82, 2.24) is 0 Å². The van der Waals surface area contributed by atoms with Crippen LogP contribution >= 0.6 is 0 Å². The number of carbonyl (C=O) groups is 1. The molecule has 0 aromatic carbocycles. The monoisotopic (exact) mass is 270 g/mol. The van der Waals surface area contributed by atoms with Crippen LogP contribution in [0.1, 0.15) is 45.4 Å². The van der Waals surface area contributed by atoms with Crippen molar-refractivity contribution in [3.8, 4) is 0 Å². The minimum absolute atomic E-state index is 0.0274. The fraction of sp³-hybridized carbons (Fsp3) is 0.611. The molecule has 0 aromatic rings. The van der Waals surface area contributed by atoms with Gasteiger partial charge in [-0.05, 0) is 66.7 Å². The van der Waals surface area contributed by atoms with Crippen LogP contribution in [0.15, 0.2) is 34.9 Å². The topological polar surface area (TPSA) is 37.3 Å². The maximum atomic E-state index is 11.6. The van der Waals surface area contributed by atoms with E-state index < -0.39 is 0 Å². The quantitative estimate of drug-likeness (QED) is 0.733. The number of carbonyl (C=O) groups excluding carboxylic acids is 1. The molecular weight excluding hydrogens is 248 g/mol. The molecule has 106 valence electrons. The number of aliphatic hydroxyl groups is 1. The number of rotatable bonds is 0. The summed E-state index contributed by atoms with van der Waals surface area (Å²) in [5.74, 6) is 1.48. The largest absolute Gasteiger partial charge is 0.392 e. The second kappa shape index (κ2) is 4.17. The van der Waals surface area contributed by atoms with Crippen molar-refractivity contribution in [3.63, 3.8) is 0 Å². The van der Waals surface area contributed by atoms with E-state index in [1.165, 1.54) is 16.7 Å². The highest BCUT2D eigenvalue weighted by Gasteiger charge is 2.51. The summed E-state index contributed by atoms with van der Waals surface area (Å²) >= 11 is 0. The lowest BCUT2D eigenvalue weighted by molar-refractivity contribution is -0.114. The van der Waals surface area contributed by atoms with E-state index in [-0.39, 0.29) is 11.5 Å². The Bertz CT molecular complexity index is 566. The molecule has 0 heterocycles. The third-order valence-corrected chi connectivity index (χ3v) is 6.19. The Balaban J connectivity index is 1.82. The van der Waals surface area contributed by atoms with Crippen molar-refractivity contribution >= 4 is 5.78 Å². The first-order chi connectivity index (χ1) is 9.59. The molecule has 0 saturated heterocycles. The maximum absolute atomic E-state index is 11.6. The number of hydrogen-bond acceptors (Lipinski definition) is 2. The molecule has 0 spiro atoms. The van der Waals surface area contributed by atoms with E-state index in [1.54, 1.807) is 0 Å². The van der Waals surface area contributed by atoms with Crippen LogP contribution in [0, 0.1) is 17.3 Å². The summed E-state index contributed by atoms with van der Waals surface area (Å²) in [7, 11) is 0. The second-order valence-electron chi connectivity index (χ2n) is 7.11. The van der Waals surface area contributed by atoms with Gasteiger partial charge >= 0.3 is 0 Å². The van der Waals surface area contributed by atoms with Crippen molar-refractivity contribution in [2.75, 3.05) is 0 Å². The second-order valence-corrected chi connectivity index (χ2v) is 7.11. The third-order valence-electron chi connectivity index (χ3n) is 6.19. The number of aliphatic hydroxyl groups excluding tert-OH is 1. The Hall–Kier alpha value is -1.15. The lowest BCUT2D eigenvalue weighted by atomic mass is 9.60. The first-order valence-electron chi connectivity index (χ1n) is 7.94. The van der Waals surface area contributed by atoms with E-state index in [0.717, 1.165) is 32.1 Å². The van der Waals surface area contributed by atoms with Crippen LogP contribution in [0.3, 0.4) is 0 Å². The summed E-state index contributed by atoms with van der Waals surface area (Å²) in [6.45, 7) is 2.23. The van der Waals surface area contributed by atoms with E-state index in [2.05, 4.69) is 19.1 Å². The molecule has 20 heavy (non-hydrogen) atoms. The first-order valence-corrected chi connectivity index (χ1v) is 7.94. The number of allylic oxidation sites excluding steroid dienone is 5. The molecule has 0 bridgehead atoms. The number of hydrogen-bond donors (Lipinski definition) is 1. The highest BCUT2D eigenvalue weighted by atomic mass is 16.3. The third kappa shape index (κ3) is 1.57. The summed E-state index contributed by atoms with van der Waals surface area (Å²) in [4.78, 5) is 11.6. The fourth-order valence-electron chi connectivity index (χ4n) is 4.99. The zero-order valence-electron chi connectivity index (χ0n) is 12.1. The first kappa shape index (κ1) is 12.6. The molecule has 4 atom stereocenters. The van der Waals surface area contributed by atoms with E-state index in [0.29, 0.717) is 24.0 Å². The molecule has 0 aromatic heterocycles. The van der Waals surface area contributed by atoms with Crippen LogP contribution in [0.25, 0.3) is 0 Å². The van der Waals surface area contributed by atoms with Crippen LogP contribution < -0.4 is 0 Å². The van der Waals surface area contributed by atoms with Gasteiger partial charge in [0.1, 0.15) is 0 Å². The average Bonchev–Trinajstić information content (AvgIpc) is 2.74. The van der Waals surface area contributed by atoms with Gasteiger partial charge in [0.05, 0.1) is 6.10 Å². The molecule has 0 radical (unpaired) electrons. The lowest BCUT2D eigenvalue weighted by Crippen LogP contribution is -2.39. The molecule has 2 nitrogen and oxygen atoms in total. The minimum atomic E-state index is -0.180. The van der Waals surface area contributed by atoms with Crippen LogP contribution in [0.2, 0.25) is 0 Å². The van der Waals surface area contributed by atoms with Crippen LogP contribution in [0.5, 0.6) is 0 Å². The molecule has 1 saturated carbocycles. The van der Waals surface area contributed by atoms with Gasteiger partial charge in [-0.25, -0.2) is 0 Å². The smallest absolute Gasteiger partial charge is 0.156 e. The Kier molecular flexibility index (Phi) is 2.62. The maximum Gasteiger partial charge on any atom is 0.156 e. The van der Waals surface area contributed by atoms with Gasteiger partial charge in [-0.1, -0.05) is 19.1 Å². The van der Waals surface area contributed by atoms with Gasteiger partial charge in [-0.2, -0.15) is 0 Å². The van der Waals surface area contributed by atoms with Gasteiger partial charge in [-0.15, -0.1) is 0 Å². The van der Waals surface area contributed by atoms with E-state index >= 15 is 0 Å². The average molecular weight is 270 g/mol. The van der Waals surface area contributed by atoms with Gasteiger partial charge < -0.3 is 5.11 Å². The summed E-state index contributed by atoms with van der Waals surface area (Å²) < 4.78 is 0. The normalized spacial score (nSPS) is 43.0. The molecule has 0 amide bonds. The summed E-state index contributed by atoms with van der Waals surface area (Å²) in [6.07, 6.45) is 12.1. The summed E-state index contributed by atoms with van der Waals surface area (Å²) in [5.41, 5.74) is 4.19. The predicted octanol–water partition coefficient (Wildman–Crippen LogP) is 3.33. The van der Waals surface area contributed by atoms with Crippen molar-refractivity contribution in [2.45, 2.75) is 51.6 Å². The molecule has 1 N–H and O–H groups in total. The molecule has 4 rings (SSSR count). The zero-order valence-corrected chi connectivity index (χ0v) is 12.1. The van der Waals surface area contributed by atoms with Crippen molar-refractivity contribution in [3.05, 3.63) is 34.9 Å². The molecule has 2 heteroatoms. The highest BCUT2D eigenvalue weighted by Crippen LogP contribution is 2.57. The Labute approximate surface area is 120 Å². The summed E-state index contributed by atoms with van der Waals surface area (Å²) in [5, 5.41) is 10.3. The minimum Gasteiger partial charge on any atom is -0.392 e. The van der Waals surface area contributed by atoms with Gasteiger partial charge in [0.2, 0.25) is 0 Å². The Morgan fingerprint density at radius 1 is 1.20 bits per heavy atom. The van der Waals surface area contributed by atoms with E-state index in [9.17, 15) is 9.90 Å². The van der Waals surface area contributed by atoms with E-state index in [4.69, 9.17) is 0 Å². The molecule has 4 aliphatic rings. The van der Waals surface area contributed by atoms with Gasteiger partial charge in [-0.3, -0.25) is 4.79 Å².